The second-order valence-corrected chi connectivity index (χ2v) is 4.53. The molecule has 1 aromatic rings. The molecule has 2 rings (SSSR count). The Hall–Kier alpha value is -1.48. The monoisotopic (exact) mass is 247 g/mol. The fourth-order valence-electron chi connectivity index (χ4n) is 2.17. The molecule has 0 fully saturated rings. The zero-order valence-corrected chi connectivity index (χ0v) is 11.1. The van der Waals surface area contributed by atoms with Gasteiger partial charge in [0.15, 0.2) is 11.5 Å². The topological polar surface area (TPSA) is 30.5 Å². The molecular weight excluding hydrogens is 226 g/mol. The van der Waals surface area contributed by atoms with Crippen molar-refractivity contribution in [3.05, 3.63) is 35.9 Å². The van der Waals surface area contributed by atoms with Crippen LogP contribution in [-0.4, -0.2) is 20.3 Å². The summed E-state index contributed by atoms with van der Waals surface area (Å²) in [7, 11) is 3.62. The van der Waals surface area contributed by atoms with Crippen molar-refractivity contribution in [2.24, 2.45) is 0 Å². The van der Waals surface area contributed by atoms with E-state index < -0.39 is 0 Å². The van der Waals surface area contributed by atoms with Gasteiger partial charge in [-0.25, -0.2) is 0 Å². The summed E-state index contributed by atoms with van der Waals surface area (Å²) >= 11 is 0. The maximum Gasteiger partial charge on any atom is 0.162 e. The molecule has 0 spiro atoms. The third-order valence-electron chi connectivity index (χ3n) is 3.10. The second-order valence-electron chi connectivity index (χ2n) is 4.53. The molecule has 1 N–H and O–H groups in total. The molecule has 1 atom stereocenters. The van der Waals surface area contributed by atoms with Gasteiger partial charge in [0.2, 0.25) is 0 Å². The lowest BCUT2D eigenvalue weighted by Gasteiger charge is -2.20. The SMILES string of the molecule is CNCc1ccc(OC)c(OC2C=CCCC2)c1. The van der Waals surface area contributed by atoms with Crippen LogP contribution in [0.4, 0.5) is 0 Å². The van der Waals surface area contributed by atoms with E-state index in [-0.39, 0.29) is 6.10 Å². The zero-order chi connectivity index (χ0) is 12.8. The predicted octanol–water partition coefficient (Wildman–Crippen LogP) is 2.90. The van der Waals surface area contributed by atoms with Gasteiger partial charge < -0.3 is 14.8 Å². The average Bonchev–Trinajstić information content (AvgIpc) is 2.41. The molecule has 0 saturated heterocycles. The van der Waals surface area contributed by atoms with E-state index in [4.69, 9.17) is 9.47 Å². The van der Waals surface area contributed by atoms with Crippen LogP contribution >= 0.6 is 0 Å². The predicted molar refractivity (Wildman–Crippen MR) is 73.2 cm³/mol. The van der Waals surface area contributed by atoms with Crippen molar-refractivity contribution in [1.82, 2.24) is 5.32 Å². The summed E-state index contributed by atoms with van der Waals surface area (Å²) < 4.78 is 11.4. The van der Waals surface area contributed by atoms with Crippen LogP contribution < -0.4 is 14.8 Å². The molecule has 18 heavy (non-hydrogen) atoms. The van der Waals surface area contributed by atoms with Gasteiger partial charge in [0.05, 0.1) is 7.11 Å². The van der Waals surface area contributed by atoms with Gasteiger partial charge in [-0.3, -0.25) is 0 Å². The molecule has 0 radical (unpaired) electrons. The first-order valence-corrected chi connectivity index (χ1v) is 6.48. The Balaban J connectivity index is 2.15. The summed E-state index contributed by atoms with van der Waals surface area (Å²) in [6.45, 7) is 0.834. The molecule has 1 aromatic carbocycles. The van der Waals surface area contributed by atoms with Crippen molar-refractivity contribution < 1.29 is 9.47 Å². The van der Waals surface area contributed by atoms with Crippen molar-refractivity contribution in [3.63, 3.8) is 0 Å². The van der Waals surface area contributed by atoms with E-state index in [2.05, 4.69) is 29.6 Å². The van der Waals surface area contributed by atoms with E-state index >= 15 is 0 Å². The van der Waals surface area contributed by atoms with Crippen molar-refractivity contribution in [2.75, 3.05) is 14.2 Å². The number of hydrogen-bond acceptors (Lipinski definition) is 3. The number of allylic oxidation sites excluding steroid dienone is 1. The normalized spacial score (nSPS) is 18.7. The van der Waals surface area contributed by atoms with Crippen LogP contribution in [0.1, 0.15) is 24.8 Å². The Morgan fingerprint density at radius 2 is 2.22 bits per heavy atom. The number of nitrogens with one attached hydrogen (secondary N) is 1. The second kappa shape index (κ2) is 6.45. The summed E-state index contributed by atoms with van der Waals surface area (Å²) in [6.07, 6.45) is 7.95. The standard InChI is InChI=1S/C15H21NO2/c1-16-11-12-8-9-14(17-2)15(10-12)18-13-6-4-3-5-7-13/h4,6,8-10,13,16H,3,5,7,11H2,1-2H3. The van der Waals surface area contributed by atoms with Gasteiger partial charge in [0.1, 0.15) is 6.10 Å². The fourth-order valence-corrected chi connectivity index (χ4v) is 2.17. The van der Waals surface area contributed by atoms with Gasteiger partial charge >= 0.3 is 0 Å². The van der Waals surface area contributed by atoms with Crippen LogP contribution in [0.25, 0.3) is 0 Å². The lowest BCUT2D eigenvalue weighted by molar-refractivity contribution is 0.219. The summed E-state index contributed by atoms with van der Waals surface area (Å²) in [5.41, 5.74) is 1.20. The molecule has 1 aliphatic carbocycles. The van der Waals surface area contributed by atoms with Crippen molar-refractivity contribution >= 4 is 0 Å². The van der Waals surface area contributed by atoms with Gasteiger partial charge in [-0.05, 0) is 50.1 Å². The molecule has 0 bridgehead atoms. The molecule has 0 amide bonds. The number of hydrogen-bond donors (Lipinski definition) is 1. The summed E-state index contributed by atoms with van der Waals surface area (Å²) in [5, 5.41) is 3.14. The number of rotatable bonds is 5. The largest absolute Gasteiger partial charge is 0.493 e. The number of ether oxygens (including phenoxy) is 2. The van der Waals surface area contributed by atoms with E-state index in [1.807, 2.05) is 13.1 Å². The maximum atomic E-state index is 6.02. The van der Waals surface area contributed by atoms with Gasteiger partial charge in [0, 0.05) is 6.54 Å². The third-order valence-corrected chi connectivity index (χ3v) is 3.10. The van der Waals surface area contributed by atoms with Crippen molar-refractivity contribution in [2.45, 2.75) is 31.9 Å². The van der Waals surface area contributed by atoms with E-state index in [9.17, 15) is 0 Å². The van der Waals surface area contributed by atoms with Crippen LogP contribution in [-0.2, 0) is 6.54 Å². The van der Waals surface area contributed by atoms with E-state index in [1.54, 1.807) is 7.11 Å². The van der Waals surface area contributed by atoms with E-state index in [1.165, 1.54) is 12.0 Å². The minimum absolute atomic E-state index is 0.178. The van der Waals surface area contributed by atoms with Gasteiger partial charge in [-0.1, -0.05) is 12.1 Å². The molecule has 0 aromatic heterocycles. The summed E-state index contributed by atoms with van der Waals surface area (Å²) in [4.78, 5) is 0. The minimum Gasteiger partial charge on any atom is -0.493 e. The molecule has 1 unspecified atom stereocenters. The van der Waals surface area contributed by atoms with Crippen LogP contribution in [0.2, 0.25) is 0 Å². The van der Waals surface area contributed by atoms with E-state index in [0.717, 1.165) is 30.9 Å². The summed E-state index contributed by atoms with van der Waals surface area (Å²) in [6, 6.07) is 6.07. The lowest BCUT2D eigenvalue weighted by atomic mass is 10.1. The molecule has 3 heteroatoms. The molecule has 98 valence electrons. The zero-order valence-electron chi connectivity index (χ0n) is 11.1. The molecule has 0 saturated carbocycles. The van der Waals surface area contributed by atoms with Crippen molar-refractivity contribution in [1.29, 1.82) is 0 Å². The van der Waals surface area contributed by atoms with Crippen LogP contribution in [0.5, 0.6) is 11.5 Å². The first-order chi connectivity index (χ1) is 8.83. The highest BCUT2D eigenvalue weighted by Gasteiger charge is 2.13. The Morgan fingerprint density at radius 3 is 2.89 bits per heavy atom. The molecule has 3 nitrogen and oxygen atoms in total. The Morgan fingerprint density at radius 1 is 1.33 bits per heavy atom. The van der Waals surface area contributed by atoms with Gasteiger partial charge in [0.25, 0.3) is 0 Å². The van der Waals surface area contributed by atoms with Crippen LogP contribution in [0, 0.1) is 0 Å². The summed E-state index contributed by atoms with van der Waals surface area (Å²) in [5.74, 6) is 1.63. The smallest absolute Gasteiger partial charge is 0.162 e. The van der Waals surface area contributed by atoms with Crippen LogP contribution in [0.15, 0.2) is 30.4 Å². The highest BCUT2D eigenvalue weighted by atomic mass is 16.5. The molecule has 0 heterocycles. The lowest BCUT2D eigenvalue weighted by Crippen LogP contribution is -2.16. The highest BCUT2D eigenvalue weighted by molar-refractivity contribution is 5.43. The Labute approximate surface area is 109 Å². The maximum absolute atomic E-state index is 6.02. The first kappa shape index (κ1) is 13.0. The van der Waals surface area contributed by atoms with Gasteiger partial charge in [-0.15, -0.1) is 0 Å². The van der Waals surface area contributed by atoms with E-state index in [0.29, 0.717) is 0 Å². The molecular formula is C15H21NO2. The average molecular weight is 247 g/mol. The van der Waals surface area contributed by atoms with Crippen LogP contribution in [0.3, 0.4) is 0 Å². The third kappa shape index (κ3) is 3.26. The van der Waals surface area contributed by atoms with Crippen molar-refractivity contribution in [3.8, 4) is 11.5 Å². The Kier molecular flexibility index (Phi) is 4.65. The van der Waals surface area contributed by atoms with Gasteiger partial charge in [-0.2, -0.15) is 0 Å². The number of benzene rings is 1. The fraction of sp³-hybridized carbons (Fsp3) is 0.467. The molecule has 1 aliphatic rings. The quantitative estimate of drug-likeness (QED) is 0.812. The number of methoxy groups -OCH3 is 1. The minimum atomic E-state index is 0.178. The molecule has 0 aliphatic heterocycles. The Bertz CT molecular complexity index is 415. The highest BCUT2D eigenvalue weighted by Crippen LogP contribution is 2.30. The first-order valence-electron chi connectivity index (χ1n) is 6.48.